The van der Waals surface area contributed by atoms with Crippen molar-refractivity contribution in [2.45, 2.75) is 25.4 Å². The minimum Gasteiger partial charge on any atom is -0.388 e. The molecule has 1 aliphatic rings. The third-order valence-corrected chi connectivity index (χ3v) is 2.68. The number of aromatic nitrogens is 2. The first-order valence-corrected chi connectivity index (χ1v) is 5.02. The third kappa shape index (κ3) is 2.08. The summed E-state index contributed by atoms with van der Waals surface area (Å²) in [5, 5.41) is 12.1. The van der Waals surface area contributed by atoms with Crippen LogP contribution in [0.15, 0.2) is 12.4 Å². The van der Waals surface area contributed by atoms with E-state index in [9.17, 15) is 0 Å². The largest absolute Gasteiger partial charge is 0.388 e. The number of nitrogens with one attached hydrogen (secondary N) is 1. The Kier molecular flexibility index (Phi) is 3.06. The van der Waals surface area contributed by atoms with Crippen LogP contribution in [0.1, 0.15) is 30.1 Å². The molecule has 4 nitrogen and oxygen atoms in total. The molecule has 1 aliphatic heterocycles. The van der Waals surface area contributed by atoms with E-state index in [1.807, 2.05) is 12.4 Å². The van der Waals surface area contributed by atoms with E-state index in [0.717, 1.165) is 25.9 Å². The van der Waals surface area contributed by atoms with Crippen molar-refractivity contribution >= 4 is 0 Å². The van der Waals surface area contributed by atoms with E-state index >= 15 is 0 Å². The lowest BCUT2D eigenvalue weighted by Gasteiger charge is -2.22. The summed E-state index contributed by atoms with van der Waals surface area (Å²) >= 11 is 0. The molecule has 2 N–H and O–H groups in total. The van der Waals surface area contributed by atoms with Gasteiger partial charge in [-0.25, -0.2) is 9.97 Å². The number of rotatable bonds is 2. The fourth-order valence-corrected chi connectivity index (χ4v) is 1.81. The second-order valence-corrected chi connectivity index (χ2v) is 3.62. The molecule has 76 valence electrons. The first-order chi connectivity index (χ1) is 6.90. The fraction of sp³-hybridized carbons (Fsp3) is 0.600. The molecule has 0 aromatic carbocycles. The van der Waals surface area contributed by atoms with Crippen LogP contribution in [0.3, 0.4) is 0 Å². The van der Waals surface area contributed by atoms with E-state index in [1.54, 1.807) is 0 Å². The molecule has 0 radical (unpaired) electrons. The minimum absolute atomic E-state index is 0.0769. The Balaban J connectivity index is 2.07. The second-order valence-electron chi connectivity index (χ2n) is 3.62. The van der Waals surface area contributed by atoms with Crippen LogP contribution in [0.25, 0.3) is 0 Å². The van der Waals surface area contributed by atoms with Gasteiger partial charge in [0.1, 0.15) is 6.61 Å². The van der Waals surface area contributed by atoms with Crippen LogP contribution in [0.5, 0.6) is 0 Å². The molecular formula is C10H15N3O. The summed E-state index contributed by atoms with van der Waals surface area (Å²) in [6.45, 7) is 2.07. The highest BCUT2D eigenvalue weighted by atomic mass is 16.3. The molecule has 14 heavy (non-hydrogen) atoms. The Morgan fingerprint density at radius 2 is 1.93 bits per heavy atom. The molecule has 0 aliphatic carbocycles. The van der Waals surface area contributed by atoms with Gasteiger partial charge in [0.15, 0.2) is 5.82 Å². The van der Waals surface area contributed by atoms with E-state index in [-0.39, 0.29) is 6.61 Å². The number of hydrogen-bond acceptors (Lipinski definition) is 4. The van der Waals surface area contributed by atoms with Gasteiger partial charge < -0.3 is 10.4 Å². The number of aliphatic hydroxyl groups excluding tert-OH is 1. The van der Waals surface area contributed by atoms with Crippen LogP contribution in [0.4, 0.5) is 0 Å². The van der Waals surface area contributed by atoms with Gasteiger partial charge in [-0.3, -0.25) is 0 Å². The van der Waals surface area contributed by atoms with Gasteiger partial charge in [-0.2, -0.15) is 0 Å². The standard InChI is InChI=1S/C10H15N3O/c14-7-10-12-5-9(6-13-10)8-1-3-11-4-2-8/h5-6,8,11,14H,1-4,7H2. The van der Waals surface area contributed by atoms with Gasteiger partial charge in [-0.05, 0) is 37.4 Å². The Hall–Kier alpha value is -1.00. The van der Waals surface area contributed by atoms with Gasteiger partial charge in [0.2, 0.25) is 0 Å². The summed E-state index contributed by atoms with van der Waals surface area (Å²) in [7, 11) is 0. The average Bonchev–Trinajstić information content (AvgIpc) is 2.30. The van der Waals surface area contributed by atoms with Crippen LogP contribution in [0, 0.1) is 0 Å². The van der Waals surface area contributed by atoms with E-state index in [4.69, 9.17) is 5.11 Å². The first kappa shape index (κ1) is 9.55. The van der Waals surface area contributed by atoms with E-state index in [0.29, 0.717) is 11.7 Å². The van der Waals surface area contributed by atoms with Crippen molar-refractivity contribution in [2.24, 2.45) is 0 Å². The third-order valence-electron chi connectivity index (χ3n) is 2.68. The zero-order chi connectivity index (χ0) is 9.80. The highest BCUT2D eigenvalue weighted by molar-refractivity contribution is 5.12. The number of nitrogens with zero attached hydrogens (tertiary/aromatic N) is 2. The summed E-state index contributed by atoms with van der Waals surface area (Å²) in [5.74, 6) is 1.09. The maximum atomic E-state index is 8.80. The molecule has 1 aromatic rings. The zero-order valence-electron chi connectivity index (χ0n) is 8.11. The van der Waals surface area contributed by atoms with Crippen molar-refractivity contribution in [3.05, 3.63) is 23.8 Å². The van der Waals surface area contributed by atoms with Crippen molar-refractivity contribution in [1.29, 1.82) is 0 Å². The normalized spacial score (nSPS) is 18.4. The fourth-order valence-electron chi connectivity index (χ4n) is 1.81. The molecule has 4 heteroatoms. The smallest absolute Gasteiger partial charge is 0.153 e. The van der Waals surface area contributed by atoms with E-state index < -0.39 is 0 Å². The van der Waals surface area contributed by atoms with Gasteiger partial charge in [0.05, 0.1) is 0 Å². The topological polar surface area (TPSA) is 58.0 Å². The van der Waals surface area contributed by atoms with Crippen molar-refractivity contribution in [1.82, 2.24) is 15.3 Å². The van der Waals surface area contributed by atoms with Crippen LogP contribution < -0.4 is 5.32 Å². The first-order valence-electron chi connectivity index (χ1n) is 5.02. The Morgan fingerprint density at radius 3 is 2.50 bits per heavy atom. The Morgan fingerprint density at radius 1 is 1.29 bits per heavy atom. The van der Waals surface area contributed by atoms with Crippen molar-refractivity contribution in [3.63, 3.8) is 0 Å². The van der Waals surface area contributed by atoms with E-state index in [1.165, 1.54) is 5.56 Å². The summed E-state index contributed by atoms with van der Waals surface area (Å²) in [6, 6.07) is 0. The van der Waals surface area contributed by atoms with Gasteiger partial charge in [0, 0.05) is 12.4 Å². The number of aliphatic hydroxyl groups is 1. The molecule has 0 spiro atoms. The van der Waals surface area contributed by atoms with Crippen LogP contribution in [-0.4, -0.2) is 28.2 Å². The lowest BCUT2D eigenvalue weighted by Crippen LogP contribution is -2.26. The van der Waals surface area contributed by atoms with E-state index in [2.05, 4.69) is 15.3 Å². The van der Waals surface area contributed by atoms with Gasteiger partial charge in [0.25, 0.3) is 0 Å². The molecule has 2 heterocycles. The lowest BCUT2D eigenvalue weighted by molar-refractivity contribution is 0.271. The maximum Gasteiger partial charge on any atom is 0.153 e. The predicted molar refractivity (Wildman–Crippen MR) is 52.8 cm³/mol. The van der Waals surface area contributed by atoms with Crippen molar-refractivity contribution < 1.29 is 5.11 Å². The minimum atomic E-state index is -0.0769. The predicted octanol–water partition coefficient (Wildman–Crippen LogP) is 0.436. The van der Waals surface area contributed by atoms with Crippen molar-refractivity contribution in [2.75, 3.05) is 13.1 Å². The molecule has 0 atom stereocenters. The average molecular weight is 193 g/mol. The summed E-state index contributed by atoms with van der Waals surface area (Å²) in [6.07, 6.45) is 5.99. The van der Waals surface area contributed by atoms with Crippen LogP contribution in [0.2, 0.25) is 0 Å². The molecular weight excluding hydrogens is 178 g/mol. The van der Waals surface area contributed by atoms with Crippen molar-refractivity contribution in [3.8, 4) is 0 Å². The molecule has 1 aromatic heterocycles. The molecule has 0 amide bonds. The quantitative estimate of drug-likeness (QED) is 0.715. The molecule has 1 fully saturated rings. The van der Waals surface area contributed by atoms with Crippen LogP contribution in [-0.2, 0) is 6.61 Å². The monoisotopic (exact) mass is 193 g/mol. The molecule has 0 saturated carbocycles. The molecule has 2 rings (SSSR count). The van der Waals surface area contributed by atoms with Gasteiger partial charge in [-0.1, -0.05) is 0 Å². The Bertz CT molecular complexity index is 280. The lowest BCUT2D eigenvalue weighted by atomic mass is 9.92. The number of hydrogen-bond donors (Lipinski definition) is 2. The second kappa shape index (κ2) is 4.48. The highest BCUT2D eigenvalue weighted by Gasteiger charge is 2.15. The summed E-state index contributed by atoms with van der Waals surface area (Å²) < 4.78 is 0. The molecule has 1 saturated heterocycles. The SMILES string of the molecule is OCc1ncc(C2CCNCC2)cn1. The highest BCUT2D eigenvalue weighted by Crippen LogP contribution is 2.23. The van der Waals surface area contributed by atoms with Gasteiger partial charge in [-0.15, -0.1) is 0 Å². The molecule has 0 unspecified atom stereocenters. The maximum absolute atomic E-state index is 8.80. The summed E-state index contributed by atoms with van der Waals surface area (Å²) in [5.41, 5.74) is 1.20. The zero-order valence-corrected chi connectivity index (χ0v) is 8.11. The Labute approximate surface area is 83.4 Å². The van der Waals surface area contributed by atoms with Crippen LogP contribution >= 0.6 is 0 Å². The number of piperidine rings is 1. The molecule has 0 bridgehead atoms. The van der Waals surface area contributed by atoms with Gasteiger partial charge >= 0.3 is 0 Å². The summed E-state index contributed by atoms with van der Waals surface area (Å²) in [4.78, 5) is 8.18.